The van der Waals surface area contributed by atoms with Gasteiger partial charge in [0.05, 0.1) is 0 Å². The third-order valence-electron chi connectivity index (χ3n) is 4.11. The molecular formula is C20H14FN3O4S. The van der Waals surface area contributed by atoms with E-state index in [2.05, 4.69) is 15.5 Å². The molecule has 2 aromatic carbocycles. The molecule has 0 bridgehead atoms. The van der Waals surface area contributed by atoms with Gasteiger partial charge in [-0.1, -0.05) is 29.4 Å². The summed E-state index contributed by atoms with van der Waals surface area (Å²) in [5.74, 6) is -1.49. The van der Waals surface area contributed by atoms with Gasteiger partial charge in [0.2, 0.25) is 5.89 Å². The van der Waals surface area contributed by atoms with Gasteiger partial charge in [0.1, 0.15) is 10.7 Å². The second-order valence-electron chi connectivity index (χ2n) is 6.07. The smallest absolute Gasteiger partial charge is 0.349 e. The number of aromatic nitrogens is 2. The number of halogens is 1. The van der Waals surface area contributed by atoms with E-state index in [0.717, 1.165) is 11.3 Å². The standard InChI is InChI=1S/C20H14FN3O4S/c1-11-16-13(21)8-5-9-14(16)29-17(11)19(26)27-10-15(25)22-20-24-23-18(28-20)12-6-3-2-4-7-12/h2-9H,10H2,1H3,(H,22,24,25). The first kappa shape index (κ1) is 18.8. The van der Waals surface area contributed by atoms with E-state index in [1.165, 1.54) is 6.07 Å². The molecule has 0 aliphatic carbocycles. The van der Waals surface area contributed by atoms with Gasteiger partial charge in [-0.05, 0) is 36.8 Å². The Labute approximate surface area is 168 Å². The maximum absolute atomic E-state index is 14.0. The first-order valence-corrected chi connectivity index (χ1v) is 9.38. The Balaban J connectivity index is 1.39. The number of thiophene rings is 1. The molecule has 0 atom stereocenters. The molecule has 0 saturated carbocycles. The summed E-state index contributed by atoms with van der Waals surface area (Å²) in [7, 11) is 0. The van der Waals surface area contributed by atoms with Crippen molar-refractivity contribution in [3.8, 4) is 11.5 Å². The van der Waals surface area contributed by atoms with E-state index in [0.29, 0.717) is 21.2 Å². The molecule has 0 saturated heterocycles. The van der Waals surface area contributed by atoms with Crippen LogP contribution in [-0.2, 0) is 9.53 Å². The van der Waals surface area contributed by atoms with Crippen molar-refractivity contribution in [3.63, 3.8) is 0 Å². The van der Waals surface area contributed by atoms with Gasteiger partial charge in [0.25, 0.3) is 5.91 Å². The van der Waals surface area contributed by atoms with E-state index in [1.807, 2.05) is 18.2 Å². The van der Waals surface area contributed by atoms with Crippen LogP contribution in [0.1, 0.15) is 15.2 Å². The largest absolute Gasteiger partial charge is 0.451 e. The fourth-order valence-electron chi connectivity index (χ4n) is 2.77. The van der Waals surface area contributed by atoms with Gasteiger partial charge in [-0.3, -0.25) is 10.1 Å². The topological polar surface area (TPSA) is 94.3 Å². The van der Waals surface area contributed by atoms with Crippen molar-refractivity contribution < 1.29 is 23.1 Å². The molecule has 29 heavy (non-hydrogen) atoms. The van der Waals surface area contributed by atoms with Gasteiger partial charge in [-0.25, -0.2) is 9.18 Å². The van der Waals surface area contributed by atoms with Crippen molar-refractivity contribution in [1.82, 2.24) is 10.2 Å². The van der Waals surface area contributed by atoms with Crippen LogP contribution in [0.2, 0.25) is 0 Å². The molecule has 7 nitrogen and oxygen atoms in total. The summed E-state index contributed by atoms with van der Waals surface area (Å²) >= 11 is 1.12. The molecule has 4 rings (SSSR count). The summed E-state index contributed by atoms with van der Waals surface area (Å²) in [4.78, 5) is 24.6. The fraction of sp³-hybridized carbons (Fsp3) is 0.100. The minimum absolute atomic E-state index is 0.106. The van der Waals surface area contributed by atoms with Gasteiger partial charge in [-0.2, -0.15) is 0 Å². The molecule has 1 amide bonds. The molecule has 146 valence electrons. The molecule has 4 aromatic rings. The van der Waals surface area contributed by atoms with Crippen LogP contribution in [0.3, 0.4) is 0 Å². The molecular weight excluding hydrogens is 397 g/mol. The summed E-state index contributed by atoms with van der Waals surface area (Å²) < 4.78 is 25.0. The van der Waals surface area contributed by atoms with E-state index in [9.17, 15) is 14.0 Å². The molecule has 0 aliphatic rings. The number of anilines is 1. The lowest BCUT2D eigenvalue weighted by Gasteiger charge is -2.03. The van der Waals surface area contributed by atoms with Crippen LogP contribution in [0.15, 0.2) is 52.9 Å². The maximum atomic E-state index is 14.0. The van der Waals surface area contributed by atoms with Crippen LogP contribution in [0.4, 0.5) is 10.4 Å². The second-order valence-corrected chi connectivity index (χ2v) is 7.12. The summed E-state index contributed by atoms with van der Waals surface area (Å²) in [6.07, 6.45) is 0. The highest BCUT2D eigenvalue weighted by atomic mass is 32.1. The highest BCUT2D eigenvalue weighted by Crippen LogP contribution is 2.33. The number of aryl methyl sites for hydroxylation is 1. The van der Waals surface area contributed by atoms with E-state index in [4.69, 9.17) is 9.15 Å². The van der Waals surface area contributed by atoms with Crippen LogP contribution in [0, 0.1) is 12.7 Å². The summed E-state index contributed by atoms with van der Waals surface area (Å²) in [6, 6.07) is 13.6. The zero-order chi connectivity index (χ0) is 20.4. The SMILES string of the molecule is Cc1c(C(=O)OCC(=O)Nc2nnc(-c3ccccc3)o2)sc2cccc(F)c12. The van der Waals surface area contributed by atoms with E-state index in [-0.39, 0.29) is 16.8 Å². The van der Waals surface area contributed by atoms with Crippen molar-refractivity contribution in [2.24, 2.45) is 0 Å². The molecule has 0 spiro atoms. The van der Waals surface area contributed by atoms with Gasteiger partial charge < -0.3 is 9.15 Å². The number of ether oxygens (including phenoxy) is 1. The van der Waals surface area contributed by atoms with Crippen molar-refractivity contribution >= 4 is 39.3 Å². The van der Waals surface area contributed by atoms with Crippen LogP contribution in [0.25, 0.3) is 21.5 Å². The summed E-state index contributed by atoms with van der Waals surface area (Å²) in [5.41, 5.74) is 1.19. The lowest BCUT2D eigenvalue weighted by Crippen LogP contribution is -2.21. The van der Waals surface area contributed by atoms with Gasteiger partial charge in [0, 0.05) is 15.6 Å². The van der Waals surface area contributed by atoms with Crippen LogP contribution in [-0.4, -0.2) is 28.7 Å². The molecule has 9 heteroatoms. The maximum Gasteiger partial charge on any atom is 0.349 e. The first-order chi connectivity index (χ1) is 14.0. The Bertz CT molecular complexity index is 1200. The van der Waals surface area contributed by atoms with Crippen molar-refractivity contribution in [2.45, 2.75) is 6.92 Å². The number of nitrogens with zero attached hydrogens (tertiary/aromatic N) is 2. The third kappa shape index (κ3) is 3.85. The predicted octanol–water partition coefficient (Wildman–Crippen LogP) is 4.19. The number of benzene rings is 2. The molecule has 0 fully saturated rings. The monoisotopic (exact) mass is 411 g/mol. The number of amides is 1. The number of fused-ring (bicyclic) bond motifs is 1. The van der Waals surface area contributed by atoms with Crippen molar-refractivity contribution in [1.29, 1.82) is 0 Å². The lowest BCUT2D eigenvalue weighted by molar-refractivity contribution is -0.119. The minimum Gasteiger partial charge on any atom is -0.451 e. The number of carbonyl (C=O) groups is 2. The second kappa shape index (κ2) is 7.80. The van der Waals surface area contributed by atoms with E-state index in [1.54, 1.807) is 31.2 Å². The molecule has 0 aliphatic heterocycles. The van der Waals surface area contributed by atoms with Crippen LogP contribution >= 0.6 is 11.3 Å². The Morgan fingerprint density at radius 1 is 1.14 bits per heavy atom. The third-order valence-corrected chi connectivity index (χ3v) is 5.35. The number of hydrogen-bond acceptors (Lipinski definition) is 7. The first-order valence-electron chi connectivity index (χ1n) is 8.56. The average molecular weight is 411 g/mol. The number of rotatable bonds is 5. The average Bonchev–Trinajstić information content (AvgIpc) is 3.32. The Morgan fingerprint density at radius 2 is 1.93 bits per heavy atom. The number of carbonyl (C=O) groups excluding carboxylic acids is 2. The highest BCUT2D eigenvalue weighted by Gasteiger charge is 2.20. The molecule has 0 radical (unpaired) electrons. The zero-order valence-electron chi connectivity index (χ0n) is 15.1. The summed E-state index contributed by atoms with van der Waals surface area (Å²) in [5, 5.41) is 10.4. The van der Waals surface area contributed by atoms with Gasteiger partial charge in [-0.15, -0.1) is 16.4 Å². The molecule has 2 aromatic heterocycles. The number of nitrogens with one attached hydrogen (secondary N) is 1. The lowest BCUT2D eigenvalue weighted by atomic mass is 10.1. The fourth-order valence-corrected chi connectivity index (χ4v) is 3.89. The number of hydrogen-bond donors (Lipinski definition) is 1. The Hall–Kier alpha value is -3.59. The quantitative estimate of drug-likeness (QED) is 0.495. The minimum atomic E-state index is -0.700. The molecule has 1 N–H and O–H groups in total. The van der Waals surface area contributed by atoms with Crippen LogP contribution in [0.5, 0.6) is 0 Å². The van der Waals surface area contributed by atoms with Crippen LogP contribution < -0.4 is 5.32 Å². The van der Waals surface area contributed by atoms with E-state index >= 15 is 0 Å². The zero-order valence-corrected chi connectivity index (χ0v) is 16.0. The van der Waals surface area contributed by atoms with Gasteiger partial charge in [0.15, 0.2) is 6.61 Å². The highest BCUT2D eigenvalue weighted by molar-refractivity contribution is 7.21. The molecule has 2 heterocycles. The van der Waals surface area contributed by atoms with Gasteiger partial charge >= 0.3 is 12.0 Å². The van der Waals surface area contributed by atoms with Crippen molar-refractivity contribution in [2.75, 3.05) is 11.9 Å². The Morgan fingerprint density at radius 3 is 2.69 bits per heavy atom. The summed E-state index contributed by atoms with van der Waals surface area (Å²) in [6.45, 7) is 1.10. The number of esters is 1. The molecule has 0 unspecified atom stereocenters. The van der Waals surface area contributed by atoms with E-state index < -0.39 is 24.3 Å². The Kier molecular flexibility index (Phi) is 5.05. The van der Waals surface area contributed by atoms with Crippen molar-refractivity contribution in [3.05, 3.63) is 64.8 Å². The normalized spacial score (nSPS) is 10.8. The predicted molar refractivity (Wildman–Crippen MR) is 105 cm³/mol.